The van der Waals surface area contributed by atoms with E-state index in [1.54, 1.807) is 16.7 Å². The molecule has 0 bridgehead atoms. The third-order valence-corrected chi connectivity index (χ3v) is 3.58. The lowest BCUT2D eigenvalue weighted by molar-refractivity contribution is -0.114. The van der Waals surface area contributed by atoms with Gasteiger partial charge in [-0.1, -0.05) is 12.1 Å². The molecule has 4 nitrogen and oxygen atoms in total. The Bertz CT molecular complexity index is 914. The van der Waals surface area contributed by atoms with Gasteiger partial charge in [0.2, 0.25) is 0 Å². The van der Waals surface area contributed by atoms with Crippen LogP contribution in [0.1, 0.15) is 15.9 Å². The Hall–Kier alpha value is -3.02. The average molecular weight is 314 g/mol. The minimum absolute atomic E-state index is 0.0501. The number of hydrogen-bond donors (Lipinski definition) is 1. The van der Waals surface area contributed by atoms with E-state index in [1.807, 2.05) is 0 Å². The molecule has 1 heterocycles. The minimum atomic E-state index is -1.10. The predicted molar refractivity (Wildman–Crippen MR) is 80.9 cm³/mol. The third kappa shape index (κ3) is 2.83. The van der Waals surface area contributed by atoms with Gasteiger partial charge in [-0.2, -0.15) is 0 Å². The Morgan fingerprint density at radius 1 is 1.00 bits per heavy atom. The lowest BCUT2D eigenvalue weighted by Gasteiger charge is -2.05. The van der Waals surface area contributed by atoms with Gasteiger partial charge in [0.1, 0.15) is 11.6 Å². The van der Waals surface area contributed by atoms with Gasteiger partial charge in [-0.15, -0.1) is 0 Å². The molecule has 0 atom stereocenters. The smallest absolute Gasteiger partial charge is 0.289 e. The maximum atomic E-state index is 13.5. The first-order valence-corrected chi connectivity index (χ1v) is 6.82. The Morgan fingerprint density at radius 2 is 1.65 bits per heavy atom. The lowest BCUT2D eigenvalue weighted by atomic mass is 10.1. The highest BCUT2D eigenvalue weighted by Crippen LogP contribution is 2.24. The van der Waals surface area contributed by atoms with Crippen LogP contribution in [0.5, 0.6) is 0 Å². The summed E-state index contributed by atoms with van der Waals surface area (Å²) in [6, 6.07) is 9.85. The van der Waals surface area contributed by atoms with Crippen LogP contribution < -0.4 is 5.73 Å². The summed E-state index contributed by atoms with van der Waals surface area (Å²) in [6.07, 6.45) is 1.46. The van der Waals surface area contributed by atoms with Crippen LogP contribution in [-0.2, 0) is 11.3 Å². The summed E-state index contributed by atoms with van der Waals surface area (Å²) in [5.41, 5.74) is 6.47. The first-order chi connectivity index (χ1) is 11.0. The predicted octanol–water partition coefficient (Wildman–Crippen LogP) is 2.64. The number of amides is 1. The number of nitrogens with zero attached hydrogens (tertiary/aromatic N) is 1. The van der Waals surface area contributed by atoms with Crippen LogP contribution in [0.4, 0.5) is 8.78 Å². The molecule has 116 valence electrons. The van der Waals surface area contributed by atoms with Crippen molar-refractivity contribution in [1.29, 1.82) is 0 Å². The molecular weight excluding hydrogens is 302 g/mol. The number of primary amides is 1. The maximum Gasteiger partial charge on any atom is 0.289 e. The van der Waals surface area contributed by atoms with E-state index < -0.39 is 17.5 Å². The number of rotatable bonds is 4. The van der Waals surface area contributed by atoms with Gasteiger partial charge < -0.3 is 10.3 Å². The molecule has 1 amide bonds. The molecule has 2 aromatic carbocycles. The van der Waals surface area contributed by atoms with Gasteiger partial charge in [0, 0.05) is 23.6 Å². The number of benzene rings is 2. The molecule has 23 heavy (non-hydrogen) atoms. The summed E-state index contributed by atoms with van der Waals surface area (Å²) in [6.45, 7) is 0.342. The molecule has 0 saturated carbocycles. The highest BCUT2D eigenvalue weighted by Gasteiger charge is 2.19. The van der Waals surface area contributed by atoms with Crippen LogP contribution >= 0.6 is 0 Å². The van der Waals surface area contributed by atoms with E-state index in [4.69, 9.17) is 5.73 Å². The van der Waals surface area contributed by atoms with E-state index in [9.17, 15) is 18.4 Å². The molecule has 0 aliphatic carbocycles. The zero-order valence-corrected chi connectivity index (χ0v) is 11.9. The molecule has 0 radical (unpaired) electrons. The van der Waals surface area contributed by atoms with Crippen molar-refractivity contribution in [1.82, 2.24) is 4.57 Å². The Kier molecular flexibility index (Phi) is 3.65. The summed E-state index contributed by atoms with van der Waals surface area (Å²) in [5, 5.41) is 0.316. The van der Waals surface area contributed by atoms with Crippen LogP contribution in [0.3, 0.4) is 0 Å². The molecule has 3 rings (SSSR count). The second-order valence-electron chi connectivity index (χ2n) is 5.15. The van der Waals surface area contributed by atoms with Crippen LogP contribution in [0, 0.1) is 11.6 Å². The molecule has 3 aromatic rings. The van der Waals surface area contributed by atoms with E-state index in [0.29, 0.717) is 17.4 Å². The molecule has 0 aliphatic rings. The van der Waals surface area contributed by atoms with E-state index in [-0.39, 0.29) is 11.4 Å². The number of nitrogens with two attached hydrogens (primary N) is 1. The van der Waals surface area contributed by atoms with Gasteiger partial charge in [-0.05, 0) is 35.9 Å². The summed E-state index contributed by atoms with van der Waals surface area (Å²) < 4.78 is 28.2. The number of carbonyl (C=O) groups is 2. The van der Waals surface area contributed by atoms with Gasteiger partial charge in [-0.25, -0.2) is 8.78 Å². The average Bonchev–Trinajstić information content (AvgIpc) is 2.86. The topological polar surface area (TPSA) is 65.1 Å². The van der Waals surface area contributed by atoms with Crippen molar-refractivity contribution in [2.45, 2.75) is 6.54 Å². The molecule has 6 heteroatoms. The number of halogens is 2. The number of ketones is 1. The Labute approximate surface area is 130 Å². The van der Waals surface area contributed by atoms with Gasteiger partial charge in [0.25, 0.3) is 11.7 Å². The fourth-order valence-electron chi connectivity index (χ4n) is 2.50. The molecule has 1 aromatic heterocycles. The first kappa shape index (κ1) is 14.9. The van der Waals surface area contributed by atoms with E-state index in [0.717, 1.165) is 5.56 Å². The van der Waals surface area contributed by atoms with Crippen LogP contribution in [0.15, 0.2) is 48.7 Å². The van der Waals surface area contributed by atoms with Crippen molar-refractivity contribution in [2.75, 3.05) is 0 Å². The SMILES string of the molecule is NC(=O)C(=O)c1cn(Cc2ccc(F)cc2)c2ccc(F)cc12. The minimum Gasteiger partial charge on any atom is -0.363 e. The highest BCUT2D eigenvalue weighted by molar-refractivity contribution is 6.44. The van der Waals surface area contributed by atoms with Crippen molar-refractivity contribution < 1.29 is 18.4 Å². The van der Waals surface area contributed by atoms with Crippen LogP contribution in [0.25, 0.3) is 10.9 Å². The second kappa shape index (κ2) is 5.64. The van der Waals surface area contributed by atoms with Gasteiger partial charge in [0.05, 0.1) is 5.56 Å². The van der Waals surface area contributed by atoms with Crippen LogP contribution in [-0.4, -0.2) is 16.3 Å². The number of Topliss-reactive ketones (excluding diaryl/α,β-unsaturated/α-hetero) is 1. The van der Waals surface area contributed by atoms with Crippen molar-refractivity contribution in [3.8, 4) is 0 Å². The Balaban J connectivity index is 2.11. The number of fused-ring (bicyclic) bond motifs is 1. The third-order valence-electron chi connectivity index (χ3n) is 3.58. The van der Waals surface area contributed by atoms with Crippen molar-refractivity contribution in [3.05, 3.63) is 71.4 Å². The zero-order valence-electron chi connectivity index (χ0n) is 11.9. The molecule has 0 spiro atoms. The fourth-order valence-corrected chi connectivity index (χ4v) is 2.50. The van der Waals surface area contributed by atoms with Gasteiger partial charge in [-0.3, -0.25) is 9.59 Å². The fraction of sp³-hybridized carbons (Fsp3) is 0.0588. The van der Waals surface area contributed by atoms with Crippen LogP contribution in [0.2, 0.25) is 0 Å². The number of aromatic nitrogens is 1. The molecule has 0 saturated heterocycles. The monoisotopic (exact) mass is 314 g/mol. The molecule has 0 fully saturated rings. The normalized spacial score (nSPS) is 10.9. The first-order valence-electron chi connectivity index (χ1n) is 6.82. The molecular formula is C17H12F2N2O2. The molecule has 0 unspecified atom stereocenters. The van der Waals surface area contributed by atoms with E-state index in [1.165, 1.54) is 36.5 Å². The van der Waals surface area contributed by atoms with E-state index in [2.05, 4.69) is 0 Å². The van der Waals surface area contributed by atoms with Crippen molar-refractivity contribution >= 4 is 22.6 Å². The highest BCUT2D eigenvalue weighted by atomic mass is 19.1. The molecule has 2 N–H and O–H groups in total. The lowest BCUT2D eigenvalue weighted by Crippen LogP contribution is -2.22. The van der Waals surface area contributed by atoms with Crippen molar-refractivity contribution in [3.63, 3.8) is 0 Å². The van der Waals surface area contributed by atoms with E-state index >= 15 is 0 Å². The number of hydrogen-bond acceptors (Lipinski definition) is 2. The summed E-state index contributed by atoms with van der Waals surface area (Å²) >= 11 is 0. The summed E-state index contributed by atoms with van der Waals surface area (Å²) in [5.74, 6) is -2.85. The maximum absolute atomic E-state index is 13.5. The van der Waals surface area contributed by atoms with Gasteiger partial charge in [0.15, 0.2) is 0 Å². The molecule has 0 aliphatic heterocycles. The largest absolute Gasteiger partial charge is 0.363 e. The summed E-state index contributed by atoms with van der Waals surface area (Å²) in [4.78, 5) is 23.1. The summed E-state index contributed by atoms with van der Waals surface area (Å²) in [7, 11) is 0. The van der Waals surface area contributed by atoms with Gasteiger partial charge >= 0.3 is 0 Å². The van der Waals surface area contributed by atoms with Crippen molar-refractivity contribution in [2.24, 2.45) is 5.73 Å². The number of carbonyl (C=O) groups excluding carboxylic acids is 2. The Morgan fingerprint density at radius 3 is 2.30 bits per heavy atom. The zero-order chi connectivity index (χ0) is 16.6. The second-order valence-corrected chi connectivity index (χ2v) is 5.15. The standard InChI is InChI=1S/C17H12F2N2O2/c18-11-3-1-10(2-4-11)8-21-9-14(16(22)17(20)23)13-7-12(19)5-6-15(13)21/h1-7,9H,8H2,(H2,20,23). The quantitative estimate of drug-likeness (QED) is 0.594.